The Morgan fingerprint density at radius 1 is 0.870 bits per heavy atom. The first-order valence-electron chi connectivity index (χ1n) is 15.3. The van der Waals surface area contributed by atoms with Gasteiger partial charge in [-0.2, -0.15) is 0 Å². The minimum Gasteiger partial charge on any atom is -0.466 e. The van der Waals surface area contributed by atoms with Crippen LogP contribution in [0.15, 0.2) is 79.1 Å². The van der Waals surface area contributed by atoms with Crippen molar-refractivity contribution in [1.82, 2.24) is 10.3 Å². The van der Waals surface area contributed by atoms with Gasteiger partial charge in [-0.3, -0.25) is 19.4 Å². The molecular weight excluding hydrogens is 763 g/mol. The Balaban J connectivity index is -0.000000742. The number of hydrogen-bond donors (Lipinski definition) is 3. The Morgan fingerprint density at radius 3 is 1.93 bits per heavy atom. The summed E-state index contributed by atoms with van der Waals surface area (Å²) in [5, 5.41) is 2.82. The maximum atomic E-state index is 11.8. The molecule has 3 rings (SSSR count). The maximum Gasteiger partial charge on any atom is 0.308 e. The number of rotatable bonds is 14. The molecule has 9 nitrogen and oxygen atoms in total. The monoisotopic (exact) mass is 818 g/mol. The van der Waals surface area contributed by atoms with E-state index in [1.54, 1.807) is 19.3 Å². The first-order chi connectivity index (χ1) is 21.4. The van der Waals surface area contributed by atoms with Crippen molar-refractivity contribution < 1.29 is 44.9 Å². The topological polar surface area (TPSA) is 147 Å². The van der Waals surface area contributed by atoms with Gasteiger partial charge >= 0.3 is 11.9 Å². The predicted molar refractivity (Wildman–Crippen MR) is 184 cm³/mol. The second-order valence-corrected chi connectivity index (χ2v) is 9.48. The molecule has 5 N–H and O–H groups in total. The number of aromatic nitrogens is 1. The molecule has 2 atom stereocenters. The number of pyridine rings is 1. The Morgan fingerprint density at radius 2 is 1.43 bits per heavy atom. The van der Waals surface area contributed by atoms with Crippen LogP contribution in [-0.2, 0) is 58.0 Å². The number of nitrogens with two attached hydrogens (primary N) is 2. The molecule has 0 aliphatic carbocycles. The van der Waals surface area contributed by atoms with Crippen molar-refractivity contribution in [3.8, 4) is 11.1 Å². The van der Waals surface area contributed by atoms with Crippen molar-refractivity contribution in [2.75, 3.05) is 19.7 Å². The van der Waals surface area contributed by atoms with Gasteiger partial charge in [0.05, 0.1) is 12.5 Å². The van der Waals surface area contributed by atoms with Gasteiger partial charge in [-0.05, 0) is 60.6 Å². The first-order valence-corrected chi connectivity index (χ1v) is 15.3. The van der Waals surface area contributed by atoms with Gasteiger partial charge in [-0.1, -0.05) is 82.3 Å². The van der Waals surface area contributed by atoms with Crippen LogP contribution in [0.1, 0.15) is 65.0 Å². The van der Waals surface area contributed by atoms with Crippen molar-refractivity contribution in [2.45, 2.75) is 73.0 Å². The van der Waals surface area contributed by atoms with Crippen LogP contribution in [-0.4, -0.2) is 49.1 Å². The number of nitrogens with zero attached hydrogens (tertiary/aromatic N) is 1. The summed E-state index contributed by atoms with van der Waals surface area (Å²) in [5.41, 5.74) is 14.2. The molecule has 0 aliphatic rings. The van der Waals surface area contributed by atoms with E-state index in [4.69, 9.17) is 20.9 Å². The molecular formula is C36H55N4O5Pt-. The number of carbonyl (C=O) groups is 3. The van der Waals surface area contributed by atoms with E-state index in [1.807, 2.05) is 58.0 Å². The maximum absolute atomic E-state index is 11.8. The molecule has 0 aliphatic heterocycles. The molecule has 1 unspecified atom stereocenters. The minimum atomic E-state index is -0.249. The van der Waals surface area contributed by atoms with Gasteiger partial charge < -0.3 is 33.7 Å². The fourth-order valence-corrected chi connectivity index (χ4v) is 3.78. The molecule has 3 aromatic rings. The minimum absolute atomic E-state index is 0. The number of carbonyl (C=O) groups excluding carboxylic acids is 3. The molecule has 260 valence electrons. The number of amides is 1. The van der Waals surface area contributed by atoms with Crippen LogP contribution in [0.4, 0.5) is 0 Å². The van der Waals surface area contributed by atoms with E-state index in [0.717, 1.165) is 23.1 Å². The van der Waals surface area contributed by atoms with Crippen molar-refractivity contribution in [3.05, 3.63) is 97.7 Å². The van der Waals surface area contributed by atoms with Crippen LogP contribution in [0.2, 0.25) is 0 Å². The Kier molecular flexibility index (Phi) is 32.3. The summed E-state index contributed by atoms with van der Waals surface area (Å²) in [6.45, 7) is 11.5. The average molecular weight is 819 g/mol. The van der Waals surface area contributed by atoms with E-state index in [-0.39, 0.29) is 52.4 Å². The van der Waals surface area contributed by atoms with Crippen molar-refractivity contribution in [2.24, 2.45) is 17.4 Å². The van der Waals surface area contributed by atoms with Crippen LogP contribution in [0, 0.1) is 13.3 Å². The summed E-state index contributed by atoms with van der Waals surface area (Å²) in [7, 11) is 0. The number of nitrogens with one attached hydrogen (secondary N) is 1. The zero-order chi connectivity index (χ0) is 33.0. The molecule has 0 fully saturated rings. The second-order valence-electron chi connectivity index (χ2n) is 9.48. The second kappa shape index (κ2) is 31.6. The van der Waals surface area contributed by atoms with Crippen molar-refractivity contribution in [3.63, 3.8) is 0 Å². The molecule has 0 saturated carbocycles. The van der Waals surface area contributed by atoms with E-state index in [0.29, 0.717) is 52.0 Å². The normalized spacial score (nSPS) is 10.5. The summed E-state index contributed by atoms with van der Waals surface area (Å²) in [4.78, 5) is 37.5. The molecule has 0 bridgehead atoms. The number of hydrogen-bond acceptors (Lipinski definition) is 8. The fraction of sp³-hybridized carbons (Fsp3) is 0.417. The summed E-state index contributed by atoms with van der Waals surface area (Å²) in [5.74, 6) is -0.611. The third kappa shape index (κ3) is 22.2. The van der Waals surface area contributed by atoms with Gasteiger partial charge in [0.2, 0.25) is 6.41 Å². The zero-order valence-corrected chi connectivity index (χ0v) is 30.6. The average Bonchev–Trinajstić information content (AvgIpc) is 3.07. The van der Waals surface area contributed by atoms with E-state index in [1.165, 1.54) is 5.56 Å². The fourth-order valence-electron chi connectivity index (χ4n) is 3.78. The third-order valence-corrected chi connectivity index (χ3v) is 5.94. The molecule has 10 heteroatoms. The summed E-state index contributed by atoms with van der Waals surface area (Å²) < 4.78 is 10.0. The van der Waals surface area contributed by atoms with Gasteiger partial charge in [0.25, 0.3) is 0 Å². The quantitative estimate of drug-likeness (QED) is 0.104. The smallest absolute Gasteiger partial charge is 0.308 e. The van der Waals surface area contributed by atoms with Gasteiger partial charge in [-0.25, -0.2) is 0 Å². The molecule has 1 heterocycles. The molecule has 0 spiro atoms. The van der Waals surface area contributed by atoms with Crippen molar-refractivity contribution in [1.29, 1.82) is 0 Å². The van der Waals surface area contributed by atoms with Gasteiger partial charge in [0.1, 0.15) is 6.61 Å². The summed E-state index contributed by atoms with van der Waals surface area (Å²) in [6.07, 6.45) is 6.61. The van der Waals surface area contributed by atoms with E-state index < -0.39 is 0 Å². The largest absolute Gasteiger partial charge is 0.466 e. The third-order valence-electron chi connectivity index (χ3n) is 5.94. The molecule has 1 amide bonds. The van der Waals surface area contributed by atoms with Gasteiger partial charge in [0, 0.05) is 59.0 Å². The predicted octanol–water partition coefficient (Wildman–Crippen LogP) is 5.90. The zero-order valence-electron chi connectivity index (χ0n) is 28.4. The Labute approximate surface area is 291 Å². The van der Waals surface area contributed by atoms with Crippen LogP contribution >= 0.6 is 0 Å². The molecule has 0 radical (unpaired) electrons. The SMILES string of the molecule is CC.CCCC(=O)OCc1ccncc1.CCOC(=O)C(C)C[C@@H](Cc1ccc(-c2ccccc2)cc1)NC=O.NCCN.[CH3-].[Pt]. The summed E-state index contributed by atoms with van der Waals surface area (Å²) >= 11 is 0. The van der Waals surface area contributed by atoms with E-state index in [2.05, 4.69) is 46.7 Å². The van der Waals surface area contributed by atoms with Crippen molar-refractivity contribution >= 4 is 18.3 Å². The molecule has 46 heavy (non-hydrogen) atoms. The molecule has 0 saturated heterocycles. The van der Waals surface area contributed by atoms with E-state index >= 15 is 0 Å². The summed E-state index contributed by atoms with van der Waals surface area (Å²) in [6, 6.07) is 22.0. The van der Waals surface area contributed by atoms with Crippen LogP contribution in [0.25, 0.3) is 11.1 Å². The number of ether oxygens (including phenoxy) is 2. The van der Waals surface area contributed by atoms with Gasteiger partial charge in [-0.15, -0.1) is 0 Å². The van der Waals surface area contributed by atoms with Crippen LogP contribution in [0.5, 0.6) is 0 Å². The van der Waals surface area contributed by atoms with Crippen LogP contribution in [0.3, 0.4) is 0 Å². The molecule has 1 aromatic heterocycles. The number of esters is 2. The first kappa shape index (κ1) is 47.0. The Bertz CT molecular complexity index is 1130. The van der Waals surface area contributed by atoms with Crippen LogP contribution < -0.4 is 16.8 Å². The Hall–Kier alpha value is -3.39. The molecule has 2 aromatic carbocycles. The van der Waals surface area contributed by atoms with E-state index in [9.17, 15) is 14.4 Å². The standard InChI is InChI=1S/C21H25NO3.C10H13NO2.C2H8N2.C2H6.CH3.Pt/c1-3-25-21(24)16(2)13-20(22-15-23)14-17-9-11-19(12-10-17)18-7-5-4-6-8-18;1-2-3-10(12)13-8-9-4-6-11-7-5-9;3-1-2-4;1-2;;/h4-12,15-16,20H,3,13-14H2,1-2H3,(H,22,23);4-7H,2-3,8H2,1H3;1-4H2;1-2H3;1H3;/q;;;;-1;/t16?,20-;;;;;/m0...../s1. The van der Waals surface area contributed by atoms with Gasteiger partial charge in [0.15, 0.2) is 0 Å². The number of benzene rings is 2.